The molecule has 1 atom stereocenters. The molecule has 4 nitrogen and oxygen atoms in total. The van der Waals surface area contributed by atoms with Crippen molar-refractivity contribution in [2.45, 2.75) is 58.3 Å². The first kappa shape index (κ1) is 13.5. The SMILES string of the molecule is CC(C)OCC(=O)NC1CCOC(C)(C)C1. The minimum Gasteiger partial charge on any atom is -0.375 e. The van der Waals surface area contributed by atoms with Gasteiger partial charge in [0.05, 0.1) is 11.7 Å². The average Bonchev–Trinajstić information content (AvgIpc) is 2.13. The summed E-state index contributed by atoms with van der Waals surface area (Å²) in [6, 6.07) is 0.215. The lowest BCUT2D eigenvalue weighted by molar-refractivity contribution is -0.130. The molecule has 1 saturated heterocycles. The molecule has 0 radical (unpaired) electrons. The van der Waals surface area contributed by atoms with E-state index in [1.54, 1.807) is 0 Å². The number of hydrogen-bond acceptors (Lipinski definition) is 3. The topological polar surface area (TPSA) is 47.6 Å². The number of nitrogens with one attached hydrogen (secondary N) is 1. The zero-order valence-electron chi connectivity index (χ0n) is 10.7. The van der Waals surface area contributed by atoms with E-state index in [0.717, 1.165) is 12.8 Å². The summed E-state index contributed by atoms with van der Waals surface area (Å²) in [5, 5.41) is 2.99. The maximum absolute atomic E-state index is 11.5. The smallest absolute Gasteiger partial charge is 0.246 e. The average molecular weight is 229 g/mol. The zero-order valence-corrected chi connectivity index (χ0v) is 10.7. The summed E-state index contributed by atoms with van der Waals surface area (Å²) in [6.07, 6.45) is 1.84. The second-order valence-corrected chi connectivity index (χ2v) is 5.23. The van der Waals surface area contributed by atoms with E-state index >= 15 is 0 Å². The summed E-state index contributed by atoms with van der Waals surface area (Å²) in [5.41, 5.74) is -0.130. The van der Waals surface area contributed by atoms with E-state index in [0.29, 0.717) is 6.61 Å². The van der Waals surface area contributed by atoms with Crippen molar-refractivity contribution in [2.24, 2.45) is 0 Å². The summed E-state index contributed by atoms with van der Waals surface area (Å²) >= 11 is 0. The van der Waals surface area contributed by atoms with Crippen molar-refractivity contribution in [3.8, 4) is 0 Å². The summed E-state index contributed by atoms with van der Waals surface area (Å²) in [6.45, 7) is 8.81. The molecule has 4 heteroatoms. The second kappa shape index (κ2) is 5.64. The van der Waals surface area contributed by atoms with Crippen LogP contribution in [0.5, 0.6) is 0 Å². The number of hydrogen-bond donors (Lipinski definition) is 1. The highest BCUT2D eigenvalue weighted by Crippen LogP contribution is 2.23. The Morgan fingerprint density at radius 2 is 2.25 bits per heavy atom. The lowest BCUT2D eigenvalue weighted by Crippen LogP contribution is -2.46. The summed E-state index contributed by atoms with van der Waals surface area (Å²) in [5.74, 6) is -0.0311. The maximum Gasteiger partial charge on any atom is 0.246 e. The van der Waals surface area contributed by atoms with Crippen LogP contribution in [0.2, 0.25) is 0 Å². The third-order valence-corrected chi connectivity index (χ3v) is 2.61. The fourth-order valence-electron chi connectivity index (χ4n) is 1.87. The molecule has 0 aromatic rings. The normalized spacial score (nSPS) is 24.4. The maximum atomic E-state index is 11.5. The van der Waals surface area contributed by atoms with Crippen LogP contribution in [0.25, 0.3) is 0 Å². The van der Waals surface area contributed by atoms with Crippen LogP contribution in [-0.2, 0) is 14.3 Å². The molecule has 1 aliphatic rings. The lowest BCUT2D eigenvalue weighted by atomic mass is 9.94. The van der Waals surface area contributed by atoms with Crippen LogP contribution in [0.15, 0.2) is 0 Å². The van der Waals surface area contributed by atoms with Crippen molar-refractivity contribution in [3.05, 3.63) is 0 Å². The van der Waals surface area contributed by atoms with Crippen LogP contribution in [-0.4, -0.2) is 36.9 Å². The van der Waals surface area contributed by atoms with Gasteiger partial charge in [0.25, 0.3) is 0 Å². The summed E-state index contributed by atoms with van der Waals surface area (Å²) < 4.78 is 10.8. The molecule has 94 valence electrons. The van der Waals surface area contributed by atoms with Gasteiger partial charge in [-0.15, -0.1) is 0 Å². The Balaban J connectivity index is 2.28. The van der Waals surface area contributed by atoms with Gasteiger partial charge < -0.3 is 14.8 Å². The standard InChI is InChI=1S/C12H23NO3/c1-9(2)15-8-11(14)13-10-5-6-16-12(3,4)7-10/h9-10H,5-8H2,1-4H3,(H,13,14). The molecule has 16 heavy (non-hydrogen) atoms. The number of ether oxygens (including phenoxy) is 2. The molecule has 1 fully saturated rings. The first-order chi connectivity index (χ1) is 7.39. The minimum absolute atomic E-state index is 0.0311. The molecule has 0 saturated carbocycles. The molecule has 1 N–H and O–H groups in total. The number of amides is 1. The highest BCUT2D eigenvalue weighted by atomic mass is 16.5. The third kappa shape index (κ3) is 4.94. The molecular formula is C12H23NO3. The van der Waals surface area contributed by atoms with Crippen LogP contribution in [0.4, 0.5) is 0 Å². The molecule has 0 aromatic carbocycles. The first-order valence-corrected chi connectivity index (χ1v) is 5.94. The Morgan fingerprint density at radius 3 is 2.81 bits per heavy atom. The van der Waals surface area contributed by atoms with Gasteiger partial charge in [-0.25, -0.2) is 0 Å². The van der Waals surface area contributed by atoms with Gasteiger partial charge in [-0.2, -0.15) is 0 Å². The van der Waals surface area contributed by atoms with Gasteiger partial charge in [-0.1, -0.05) is 0 Å². The molecule has 1 heterocycles. The van der Waals surface area contributed by atoms with E-state index in [1.165, 1.54) is 0 Å². The zero-order chi connectivity index (χ0) is 12.2. The van der Waals surface area contributed by atoms with E-state index in [1.807, 2.05) is 13.8 Å². The molecular weight excluding hydrogens is 206 g/mol. The lowest BCUT2D eigenvalue weighted by Gasteiger charge is -2.35. The third-order valence-electron chi connectivity index (χ3n) is 2.61. The Kier molecular flexibility index (Phi) is 4.74. The molecule has 0 bridgehead atoms. The monoisotopic (exact) mass is 229 g/mol. The van der Waals surface area contributed by atoms with Gasteiger partial charge in [-0.05, 0) is 40.5 Å². The fraction of sp³-hybridized carbons (Fsp3) is 0.917. The van der Waals surface area contributed by atoms with E-state index in [9.17, 15) is 4.79 Å². The van der Waals surface area contributed by atoms with E-state index in [2.05, 4.69) is 19.2 Å². The van der Waals surface area contributed by atoms with Gasteiger partial charge in [0.2, 0.25) is 5.91 Å². The number of rotatable bonds is 4. The van der Waals surface area contributed by atoms with Crippen LogP contribution in [0.1, 0.15) is 40.5 Å². The quantitative estimate of drug-likeness (QED) is 0.794. The summed E-state index contributed by atoms with van der Waals surface area (Å²) in [7, 11) is 0. The van der Waals surface area contributed by atoms with Crippen molar-refractivity contribution >= 4 is 5.91 Å². The van der Waals surface area contributed by atoms with Gasteiger partial charge in [-0.3, -0.25) is 4.79 Å². The predicted octanol–water partition coefficient (Wildman–Crippen LogP) is 1.49. The van der Waals surface area contributed by atoms with Gasteiger partial charge in [0.15, 0.2) is 0 Å². The minimum atomic E-state index is -0.130. The fourth-order valence-corrected chi connectivity index (χ4v) is 1.87. The largest absolute Gasteiger partial charge is 0.375 e. The first-order valence-electron chi connectivity index (χ1n) is 5.94. The van der Waals surface area contributed by atoms with E-state index < -0.39 is 0 Å². The van der Waals surface area contributed by atoms with E-state index in [-0.39, 0.29) is 30.3 Å². The molecule has 1 amide bonds. The highest BCUT2D eigenvalue weighted by Gasteiger charge is 2.29. The highest BCUT2D eigenvalue weighted by molar-refractivity contribution is 5.77. The van der Waals surface area contributed by atoms with Crippen molar-refractivity contribution in [1.82, 2.24) is 5.32 Å². The summed E-state index contributed by atoms with van der Waals surface area (Å²) in [4.78, 5) is 11.5. The van der Waals surface area contributed by atoms with Crippen molar-refractivity contribution in [3.63, 3.8) is 0 Å². The molecule has 0 aliphatic carbocycles. The second-order valence-electron chi connectivity index (χ2n) is 5.23. The van der Waals surface area contributed by atoms with Crippen LogP contribution >= 0.6 is 0 Å². The van der Waals surface area contributed by atoms with Crippen molar-refractivity contribution in [1.29, 1.82) is 0 Å². The number of carbonyl (C=O) groups excluding carboxylic acids is 1. The Hall–Kier alpha value is -0.610. The Bertz CT molecular complexity index is 238. The van der Waals surface area contributed by atoms with Crippen LogP contribution in [0, 0.1) is 0 Å². The Labute approximate surface area is 97.7 Å². The molecule has 1 rings (SSSR count). The number of carbonyl (C=O) groups is 1. The van der Waals surface area contributed by atoms with Crippen molar-refractivity contribution in [2.75, 3.05) is 13.2 Å². The molecule has 0 spiro atoms. The molecule has 0 aromatic heterocycles. The van der Waals surface area contributed by atoms with Crippen LogP contribution < -0.4 is 5.32 Å². The van der Waals surface area contributed by atoms with Crippen LogP contribution in [0.3, 0.4) is 0 Å². The predicted molar refractivity (Wildman–Crippen MR) is 62.3 cm³/mol. The van der Waals surface area contributed by atoms with Gasteiger partial charge >= 0.3 is 0 Å². The molecule has 1 aliphatic heterocycles. The Morgan fingerprint density at radius 1 is 1.56 bits per heavy atom. The van der Waals surface area contributed by atoms with Crippen molar-refractivity contribution < 1.29 is 14.3 Å². The van der Waals surface area contributed by atoms with E-state index in [4.69, 9.17) is 9.47 Å². The van der Waals surface area contributed by atoms with Gasteiger partial charge in [0, 0.05) is 12.6 Å². The van der Waals surface area contributed by atoms with Gasteiger partial charge in [0.1, 0.15) is 6.61 Å². The molecule has 1 unspecified atom stereocenters.